The highest BCUT2D eigenvalue weighted by atomic mass is 32.2. The quantitative estimate of drug-likeness (QED) is 0.824. The Morgan fingerprint density at radius 2 is 1.90 bits per heavy atom. The molecule has 0 atom stereocenters. The lowest BCUT2D eigenvalue weighted by Gasteiger charge is -2.33. The molecule has 1 N–H and O–H groups in total. The molecule has 8 heteroatoms. The molecule has 0 bridgehead atoms. The second-order valence-corrected chi connectivity index (χ2v) is 9.46. The average Bonchev–Trinajstić information content (AvgIpc) is 3.16. The van der Waals surface area contributed by atoms with Crippen LogP contribution in [0.5, 0.6) is 0 Å². The molecule has 5 rings (SSSR count). The van der Waals surface area contributed by atoms with Gasteiger partial charge in [-0.2, -0.15) is 0 Å². The van der Waals surface area contributed by atoms with Gasteiger partial charge in [0.25, 0.3) is 15.9 Å². The van der Waals surface area contributed by atoms with Crippen molar-refractivity contribution in [3.05, 3.63) is 60.0 Å². The van der Waals surface area contributed by atoms with Gasteiger partial charge in [0.2, 0.25) is 0 Å². The molecule has 1 fully saturated rings. The van der Waals surface area contributed by atoms with E-state index in [1.807, 2.05) is 11.0 Å². The maximum Gasteiger partial charge on any atom is 0.256 e. The van der Waals surface area contributed by atoms with Gasteiger partial charge in [-0.3, -0.25) is 4.79 Å². The number of fused-ring (bicyclic) bond motifs is 2. The number of benzene rings is 1. The molecule has 2 aromatic rings. The molecule has 3 aliphatic heterocycles. The van der Waals surface area contributed by atoms with Gasteiger partial charge in [0.05, 0.1) is 11.3 Å². The molecule has 150 valence electrons. The first-order valence-corrected chi connectivity index (χ1v) is 11.5. The van der Waals surface area contributed by atoms with E-state index in [1.54, 1.807) is 23.3 Å². The van der Waals surface area contributed by atoms with E-state index in [4.69, 9.17) is 0 Å². The monoisotopic (exact) mass is 410 g/mol. The van der Waals surface area contributed by atoms with Gasteiger partial charge in [-0.05, 0) is 42.5 Å². The number of rotatable bonds is 2. The molecule has 7 nitrogen and oxygen atoms in total. The highest BCUT2D eigenvalue weighted by molar-refractivity contribution is 7.90. The molecule has 29 heavy (non-hydrogen) atoms. The molecule has 0 aliphatic carbocycles. The Balaban J connectivity index is 1.27. The fraction of sp³-hybridized carbons (Fsp3) is 0.333. The third-order valence-electron chi connectivity index (χ3n) is 5.91. The minimum atomic E-state index is -3.39. The molecule has 1 aromatic heterocycles. The highest BCUT2D eigenvalue weighted by Gasteiger charge is 2.29. The van der Waals surface area contributed by atoms with Crippen molar-refractivity contribution in [1.82, 2.24) is 14.8 Å². The predicted molar refractivity (Wildman–Crippen MR) is 112 cm³/mol. The Kier molecular flexibility index (Phi) is 4.31. The van der Waals surface area contributed by atoms with Crippen LogP contribution in [-0.4, -0.2) is 60.3 Å². The van der Waals surface area contributed by atoms with E-state index in [1.165, 1.54) is 10.9 Å². The predicted octanol–water partition coefficient (Wildman–Crippen LogP) is 2.37. The molecule has 0 saturated carbocycles. The van der Waals surface area contributed by atoms with Gasteiger partial charge in [-0.15, -0.1) is 4.40 Å². The van der Waals surface area contributed by atoms with Gasteiger partial charge in [0, 0.05) is 42.9 Å². The van der Waals surface area contributed by atoms with Crippen LogP contribution in [0.15, 0.2) is 58.8 Å². The number of hydrogen-bond donors (Lipinski definition) is 1. The summed E-state index contributed by atoms with van der Waals surface area (Å²) in [6.07, 6.45) is 8.97. The molecule has 1 saturated heterocycles. The number of hydrogen-bond acceptors (Lipinski definition) is 4. The number of nitrogens with one attached hydrogen (secondary N) is 1. The number of sulfonamides is 1. The topological polar surface area (TPSA) is 85.8 Å². The number of amides is 1. The minimum absolute atomic E-state index is 0.00823. The van der Waals surface area contributed by atoms with Gasteiger partial charge in [-0.25, -0.2) is 8.42 Å². The highest BCUT2D eigenvalue weighted by Crippen LogP contribution is 2.33. The van der Waals surface area contributed by atoms with Crippen LogP contribution in [0.3, 0.4) is 0 Å². The number of aromatic amines is 1. The maximum atomic E-state index is 13.0. The summed E-state index contributed by atoms with van der Waals surface area (Å²) < 4.78 is 27.0. The SMILES string of the molecule is O=C(C1=CN2CCS(=O)(=O)N=C2C=C1)N1CCC(c2c[nH]c3ccccc23)CC1. The van der Waals surface area contributed by atoms with Crippen LogP contribution in [-0.2, 0) is 14.8 Å². The van der Waals surface area contributed by atoms with Crippen molar-refractivity contribution in [2.75, 3.05) is 25.4 Å². The zero-order chi connectivity index (χ0) is 20.0. The van der Waals surface area contributed by atoms with Crippen LogP contribution in [0.2, 0.25) is 0 Å². The first-order chi connectivity index (χ1) is 14.0. The number of nitrogens with zero attached hydrogens (tertiary/aromatic N) is 3. The van der Waals surface area contributed by atoms with Gasteiger partial charge < -0.3 is 14.8 Å². The van der Waals surface area contributed by atoms with Crippen molar-refractivity contribution in [2.45, 2.75) is 18.8 Å². The number of piperidine rings is 1. The van der Waals surface area contributed by atoms with Crippen LogP contribution in [0.4, 0.5) is 0 Å². The van der Waals surface area contributed by atoms with Crippen molar-refractivity contribution in [3.63, 3.8) is 0 Å². The van der Waals surface area contributed by atoms with Crippen molar-refractivity contribution in [2.24, 2.45) is 4.40 Å². The molecule has 1 amide bonds. The molecule has 1 aromatic carbocycles. The van der Waals surface area contributed by atoms with Crippen LogP contribution < -0.4 is 0 Å². The van der Waals surface area contributed by atoms with E-state index in [0.29, 0.717) is 37.0 Å². The minimum Gasteiger partial charge on any atom is -0.361 e. The summed E-state index contributed by atoms with van der Waals surface area (Å²) in [5.74, 6) is 0.785. The summed E-state index contributed by atoms with van der Waals surface area (Å²) in [6, 6.07) is 8.32. The van der Waals surface area contributed by atoms with E-state index in [9.17, 15) is 13.2 Å². The third-order valence-corrected chi connectivity index (χ3v) is 7.08. The van der Waals surface area contributed by atoms with Gasteiger partial charge in [0.15, 0.2) is 0 Å². The molecule has 0 unspecified atom stereocenters. The van der Waals surface area contributed by atoms with Gasteiger partial charge in [-0.1, -0.05) is 18.2 Å². The lowest BCUT2D eigenvalue weighted by Crippen LogP contribution is -2.41. The Labute approximate surface area is 169 Å². The Morgan fingerprint density at radius 1 is 1.10 bits per heavy atom. The number of amidine groups is 1. The average molecular weight is 410 g/mol. The van der Waals surface area contributed by atoms with Crippen molar-refractivity contribution >= 4 is 32.7 Å². The molecule has 0 spiro atoms. The number of H-pyrrole nitrogens is 1. The zero-order valence-electron chi connectivity index (χ0n) is 15.9. The number of likely N-dealkylation sites (tertiary alicyclic amines) is 1. The maximum absolute atomic E-state index is 13.0. The number of carbonyl (C=O) groups excluding carboxylic acids is 1. The van der Waals surface area contributed by atoms with Gasteiger partial charge in [0.1, 0.15) is 5.84 Å². The molecule has 0 radical (unpaired) electrons. The summed E-state index contributed by atoms with van der Waals surface area (Å²) in [6.45, 7) is 1.75. The van der Waals surface area contributed by atoms with Crippen molar-refractivity contribution in [3.8, 4) is 0 Å². The second kappa shape index (κ2) is 6.88. The summed E-state index contributed by atoms with van der Waals surface area (Å²) >= 11 is 0. The van der Waals surface area contributed by atoms with Crippen molar-refractivity contribution in [1.29, 1.82) is 0 Å². The molecule has 4 heterocycles. The molecular formula is C21H22N4O3S. The third kappa shape index (κ3) is 3.37. The number of carbonyl (C=O) groups is 1. The number of aromatic nitrogens is 1. The van der Waals surface area contributed by atoms with E-state index in [-0.39, 0.29) is 11.7 Å². The first-order valence-electron chi connectivity index (χ1n) is 9.85. The lowest BCUT2D eigenvalue weighted by molar-refractivity contribution is -0.127. The fourth-order valence-corrected chi connectivity index (χ4v) is 5.30. The first kappa shape index (κ1) is 18.2. The summed E-state index contributed by atoms with van der Waals surface area (Å²) in [7, 11) is -3.39. The van der Waals surface area contributed by atoms with Crippen LogP contribution in [0.25, 0.3) is 10.9 Å². The van der Waals surface area contributed by atoms with Crippen molar-refractivity contribution < 1.29 is 13.2 Å². The smallest absolute Gasteiger partial charge is 0.256 e. The van der Waals surface area contributed by atoms with Crippen LogP contribution >= 0.6 is 0 Å². The Hall–Kier alpha value is -2.87. The summed E-state index contributed by atoms with van der Waals surface area (Å²) in [5, 5.41) is 1.27. The summed E-state index contributed by atoms with van der Waals surface area (Å²) in [4.78, 5) is 20.0. The van der Waals surface area contributed by atoms with E-state index < -0.39 is 10.0 Å². The Morgan fingerprint density at radius 3 is 2.72 bits per heavy atom. The normalized spacial score (nSPS) is 21.7. The largest absolute Gasteiger partial charge is 0.361 e. The zero-order valence-corrected chi connectivity index (χ0v) is 16.7. The second-order valence-electron chi connectivity index (χ2n) is 7.70. The van der Waals surface area contributed by atoms with Gasteiger partial charge >= 0.3 is 0 Å². The molecule has 3 aliphatic rings. The number of para-hydroxylation sites is 1. The van der Waals surface area contributed by atoms with E-state index in [2.05, 4.69) is 33.8 Å². The standard InChI is InChI=1S/C21H22N4O3S/c26-21(16-5-6-20-23-29(27,28)12-11-25(20)14-16)24-9-7-15(8-10-24)18-13-22-19-4-2-1-3-17(18)19/h1-6,13-15,22H,7-12H2. The fourth-order valence-electron chi connectivity index (χ4n) is 4.34. The Bertz CT molecular complexity index is 1170. The van der Waals surface area contributed by atoms with Crippen LogP contribution in [0, 0.1) is 0 Å². The van der Waals surface area contributed by atoms with Crippen LogP contribution in [0.1, 0.15) is 24.3 Å². The lowest BCUT2D eigenvalue weighted by atomic mass is 9.89. The summed E-state index contributed by atoms with van der Waals surface area (Å²) in [5.41, 5.74) is 3.06. The van der Waals surface area contributed by atoms with E-state index in [0.717, 1.165) is 18.4 Å². The molecular weight excluding hydrogens is 388 g/mol. The van der Waals surface area contributed by atoms with E-state index >= 15 is 0 Å².